The molecule has 1 aliphatic rings. The van der Waals surface area contributed by atoms with E-state index in [4.69, 9.17) is 11.6 Å². The van der Waals surface area contributed by atoms with Crippen LogP contribution in [0.1, 0.15) is 12.8 Å². The van der Waals surface area contributed by atoms with E-state index in [0.29, 0.717) is 12.8 Å². The van der Waals surface area contributed by atoms with Gasteiger partial charge in [-0.1, -0.05) is 29.8 Å². The molecule has 0 saturated carbocycles. The van der Waals surface area contributed by atoms with Crippen LogP contribution in [0.3, 0.4) is 0 Å². The van der Waals surface area contributed by atoms with Crippen molar-refractivity contribution >= 4 is 31.6 Å². The minimum Gasteiger partial charge on any atom is -0.208 e. The molecule has 146 valence electrons. The van der Waals surface area contributed by atoms with Crippen LogP contribution < -0.4 is 4.72 Å². The molecule has 0 bridgehead atoms. The zero-order valence-electron chi connectivity index (χ0n) is 14.2. The molecule has 1 heterocycles. The van der Waals surface area contributed by atoms with E-state index in [1.807, 2.05) is 0 Å². The van der Waals surface area contributed by atoms with Crippen LogP contribution in [0, 0.1) is 5.82 Å². The van der Waals surface area contributed by atoms with E-state index in [1.54, 1.807) is 18.2 Å². The van der Waals surface area contributed by atoms with Gasteiger partial charge in [-0.15, -0.1) is 0 Å². The molecular formula is C17H18ClFN2O4S2. The standard InChI is InChI=1S/C17H18ClFN2O4S2/c18-16-12-13(19)6-7-17(16)27(24,25)21-10-8-14(9-11-21)20-26(22,23)15-4-2-1-3-5-15/h1-7,12,14,20H,8-11H2. The Bertz CT molecular complexity index is 1020. The van der Waals surface area contributed by atoms with Gasteiger partial charge in [0.25, 0.3) is 0 Å². The number of hydrogen-bond donors (Lipinski definition) is 1. The van der Waals surface area contributed by atoms with Crippen molar-refractivity contribution in [3.05, 3.63) is 59.4 Å². The maximum Gasteiger partial charge on any atom is 0.244 e. The molecule has 27 heavy (non-hydrogen) atoms. The fourth-order valence-corrected chi connectivity index (χ4v) is 6.23. The maximum absolute atomic E-state index is 13.2. The fraction of sp³-hybridized carbons (Fsp3) is 0.294. The maximum atomic E-state index is 13.2. The number of piperidine rings is 1. The third-order valence-electron chi connectivity index (χ3n) is 4.34. The molecule has 1 fully saturated rings. The first-order valence-electron chi connectivity index (χ1n) is 8.23. The topological polar surface area (TPSA) is 83.6 Å². The van der Waals surface area contributed by atoms with Crippen LogP contribution >= 0.6 is 11.6 Å². The van der Waals surface area contributed by atoms with E-state index in [-0.39, 0.29) is 33.9 Å². The van der Waals surface area contributed by atoms with Gasteiger partial charge in [-0.25, -0.2) is 25.9 Å². The van der Waals surface area contributed by atoms with Crippen molar-refractivity contribution in [2.24, 2.45) is 0 Å². The summed E-state index contributed by atoms with van der Waals surface area (Å²) in [5.74, 6) is -0.618. The van der Waals surface area contributed by atoms with Crippen molar-refractivity contribution in [2.45, 2.75) is 28.7 Å². The van der Waals surface area contributed by atoms with Gasteiger partial charge in [0.1, 0.15) is 10.7 Å². The predicted octanol–water partition coefficient (Wildman–Crippen LogP) is 2.61. The lowest BCUT2D eigenvalue weighted by Gasteiger charge is -2.31. The molecule has 2 aromatic carbocycles. The van der Waals surface area contributed by atoms with E-state index >= 15 is 0 Å². The largest absolute Gasteiger partial charge is 0.244 e. The quantitative estimate of drug-likeness (QED) is 0.787. The zero-order valence-corrected chi connectivity index (χ0v) is 16.6. The summed E-state index contributed by atoms with van der Waals surface area (Å²) in [6.07, 6.45) is 0.647. The van der Waals surface area contributed by atoms with E-state index < -0.39 is 25.9 Å². The molecular weight excluding hydrogens is 415 g/mol. The van der Waals surface area contributed by atoms with Gasteiger partial charge >= 0.3 is 0 Å². The molecule has 0 spiro atoms. The number of hydrogen-bond acceptors (Lipinski definition) is 4. The Morgan fingerprint density at radius 1 is 1.00 bits per heavy atom. The second-order valence-electron chi connectivity index (χ2n) is 6.19. The summed E-state index contributed by atoms with van der Waals surface area (Å²) >= 11 is 5.88. The third kappa shape index (κ3) is 4.49. The number of nitrogens with zero attached hydrogens (tertiary/aromatic N) is 1. The highest BCUT2D eigenvalue weighted by Crippen LogP contribution is 2.27. The lowest BCUT2D eigenvalue weighted by Crippen LogP contribution is -2.46. The normalized spacial score (nSPS) is 17.1. The Balaban J connectivity index is 1.68. The van der Waals surface area contributed by atoms with Crippen LogP contribution in [0.15, 0.2) is 58.3 Å². The SMILES string of the molecule is O=S(=O)(NC1CCN(S(=O)(=O)c2ccc(F)cc2Cl)CC1)c1ccccc1. The van der Waals surface area contributed by atoms with Gasteiger partial charge in [-0.3, -0.25) is 0 Å². The van der Waals surface area contributed by atoms with Crippen LogP contribution in [-0.2, 0) is 20.0 Å². The van der Waals surface area contributed by atoms with E-state index in [9.17, 15) is 21.2 Å². The third-order valence-corrected chi connectivity index (χ3v) is 8.26. The van der Waals surface area contributed by atoms with E-state index in [1.165, 1.54) is 16.4 Å². The summed E-state index contributed by atoms with van der Waals surface area (Å²) in [4.78, 5) is 0.00651. The van der Waals surface area contributed by atoms with Gasteiger partial charge < -0.3 is 0 Å². The summed E-state index contributed by atoms with van der Waals surface area (Å²) in [5.41, 5.74) is 0. The van der Waals surface area contributed by atoms with Crippen molar-refractivity contribution in [2.75, 3.05) is 13.1 Å². The minimum absolute atomic E-state index is 0.137. The molecule has 0 atom stereocenters. The molecule has 0 amide bonds. The molecule has 0 unspecified atom stereocenters. The number of sulfonamides is 2. The monoisotopic (exact) mass is 432 g/mol. The van der Waals surface area contributed by atoms with Gasteiger partial charge in [0.15, 0.2) is 0 Å². The molecule has 1 aliphatic heterocycles. The lowest BCUT2D eigenvalue weighted by atomic mass is 10.1. The molecule has 2 aromatic rings. The second-order valence-corrected chi connectivity index (χ2v) is 10.2. The Morgan fingerprint density at radius 2 is 1.63 bits per heavy atom. The first-order chi connectivity index (χ1) is 12.7. The molecule has 0 radical (unpaired) electrons. The van der Waals surface area contributed by atoms with Gasteiger partial charge in [0, 0.05) is 19.1 Å². The van der Waals surface area contributed by atoms with Crippen molar-refractivity contribution in [3.63, 3.8) is 0 Å². The van der Waals surface area contributed by atoms with Crippen molar-refractivity contribution in [3.8, 4) is 0 Å². The highest BCUT2D eigenvalue weighted by Gasteiger charge is 2.32. The van der Waals surface area contributed by atoms with Crippen molar-refractivity contribution < 1.29 is 21.2 Å². The molecule has 1 saturated heterocycles. The summed E-state index contributed by atoms with van der Waals surface area (Å²) in [7, 11) is -7.53. The van der Waals surface area contributed by atoms with Crippen molar-refractivity contribution in [1.29, 1.82) is 0 Å². The summed E-state index contributed by atoms with van der Waals surface area (Å²) in [6, 6.07) is 10.8. The number of benzene rings is 2. The number of nitrogens with one attached hydrogen (secondary N) is 1. The zero-order chi connectivity index (χ0) is 19.7. The average Bonchev–Trinajstić information content (AvgIpc) is 2.62. The second kappa shape index (κ2) is 7.84. The molecule has 10 heteroatoms. The molecule has 6 nitrogen and oxygen atoms in total. The Labute approximate surface area is 163 Å². The molecule has 0 aromatic heterocycles. The van der Waals surface area contributed by atoms with E-state index in [2.05, 4.69) is 4.72 Å². The average molecular weight is 433 g/mol. The Hall–Kier alpha value is -1.52. The summed E-state index contributed by atoms with van der Waals surface area (Å²) < 4.78 is 67.2. The predicted molar refractivity (Wildman–Crippen MR) is 100.0 cm³/mol. The van der Waals surface area contributed by atoms with Gasteiger partial charge in [-0.05, 0) is 43.2 Å². The lowest BCUT2D eigenvalue weighted by molar-refractivity contribution is 0.308. The fourth-order valence-electron chi connectivity index (χ4n) is 2.92. The van der Waals surface area contributed by atoms with Crippen LogP contribution in [0.4, 0.5) is 4.39 Å². The Morgan fingerprint density at radius 3 is 2.22 bits per heavy atom. The Kier molecular flexibility index (Phi) is 5.87. The van der Waals surface area contributed by atoms with Gasteiger partial charge in [0.05, 0.1) is 9.92 Å². The molecule has 1 N–H and O–H groups in total. The summed E-state index contributed by atoms with van der Waals surface area (Å²) in [5, 5.41) is -0.179. The highest BCUT2D eigenvalue weighted by molar-refractivity contribution is 7.89. The highest BCUT2D eigenvalue weighted by atomic mass is 35.5. The molecule has 3 rings (SSSR count). The van der Waals surface area contributed by atoms with Crippen LogP contribution in [-0.4, -0.2) is 40.3 Å². The summed E-state index contributed by atoms with van der Waals surface area (Å²) in [6.45, 7) is 0.274. The van der Waals surface area contributed by atoms with Gasteiger partial charge in [0.2, 0.25) is 20.0 Å². The molecule has 0 aliphatic carbocycles. The van der Waals surface area contributed by atoms with Crippen molar-refractivity contribution in [1.82, 2.24) is 9.03 Å². The first-order valence-corrected chi connectivity index (χ1v) is 11.5. The first kappa shape index (κ1) is 20.2. The van der Waals surface area contributed by atoms with Gasteiger partial charge in [-0.2, -0.15) is 4.31 Å². The van der Waals surface area contributed by atoms with Crippen LogP contribution in [0.2, 0.25) is 5.02 Å². The van der Waals surface area contributed by atoms with Crippen LogP contribution in [0.25, 0.3) is 0 Å². The number of halogens is 2. The number of rotatable bonds is 5. The minimum atomic E-state index is -3.87. The van der Waals surface area contributed by atoms with E-state index in [0.717, 1.165) is 18.2 Å². The smallest absolute Gasteiger partial charge is 0.208 e. The van der Waals surface area contributed by atoms with Crippen LogP contribution in [0.5, 0.6) is 0 Å².